The van der Waals surface area contributed by atoms with E-state index in [2.05, 4.69) is 15.5 Å². The van der Waals surface area contributed by atoms with Crippen molar-refractivity contribution in [2.75, 3.05) is 13.7 Å². The van der Waals surface area contributed by atoms with Gasteiger partial charge in [-0.2, -0.15) is 5.10 Å². The van der Waals surface area contributed by atoms with Crippen molar-refractivity contribution in [1.29, 1.82) is 0 Å². The van der Waals surface area contributed by atoms with Gasteiger partial charge in [-0.15, -0.1) is 0 Å². The fourth-order valence-electron chi connectivity index (χ4n) is 2.85. The summed E-state index contributed by atoms with van der Waals surface area (Å²) in [6.45, 7) is 4.33. The van der Waals surface area contributed by atoms with Crippen LogP contribution in [-0.2, 0) is 11.3 Å². The molecule has 1 N–H and O–H groups in total. The van der Waals surface area contributed by atoms with Crippen LogP contribution in [0, 0.1) is 6.92 Å². The normalized spacial score (nSPS) is 11.1. The molecule has 146 valence electrons. The van der Waals surface area contributed by atoms with Crippen LogP contribution in [0.4, 0.5) is 0 Å². The highest BCUT2D eigenvalue weighted by Crippen LogP contribution is 2.35. The molecule has 0 unspecified atom stereocenters. The molecule has 0 aliphatic rings. The number of nitrogens with one attached hydrogen (secondary N) is 1. The number of carbonyl (C=O) groups is 1. The Morgan fingerprint density at radius 3 is 2.89 bits per heavy atom. The number of halogens is 1. The van der Waals surface area contributed by atoms with E-state index < -0.39 is 0 Å². The van der Waals surface area contributed by atoms with E-state index in [1.54, 1.807) is 12.1 Å². The number of hydrazone groups is 1. The molecular weight excluding hydrogens is 380 g/mol. The van der Waals surface area contributed by atoms with Gasteiger partial charge in [-0.1, -0.05) is 23.7 Å². The molecule has 0 saturated carbocycles. The third-order valence-electron chi connectivity index (χ3n) is 4.09. The molecule has 8 heteroatoms. The predicted octanol–water partition coefficient (Wildman–Crippen LogP) is 3.56. The highest BCUT2D eigenvalue weighted by atomic mass is 35.5. The number of ether oxygens (including phenoxy) is 2. The number of carbonyl (C=O) groups excluding carboxylic acids is 1. The Morgan fingerprint density at radius 1 is 1.36 bits per heavy atom. The number of amides is 1. The van der Waals surface area contributed by atoms with Crippen LogP contribution in [0.5, 0.6) is 11.5 Å². The first-order chi connectivity index (χ1) is 13.5. The highest BCUT2D eigenvalue weighted by Gasteiger charge is 2.12. The fraction of sp³-hybridized carbons (Fsp3) is 0.250. The van der Waals surface area contributed by atoms with Crippen LogP contribution in [0.1, 0.15) is 18.3 Å². The van der Waals surface area contributed by atoms with Crippen molar-refractivity contribution in [2.45, 2.75) is 20.4 Å². The van der Waals surface area contributed by atoms with Crippen LogP contribution >= 0.6 is 11.6 Å². The second-order valence-electron chi connectivity index (χ2n) is 5.99. The van der Waals surface area contributed by atoms with Gasteiger partial charge in [-0.05, 0) is 43.7 Å². The highest BCUT2D eigenvalue weighted by molar-refractivity contribution is 6.32. The van der Waals surface area contributed by atoms with Crippen molar-refractivity contribution in [2.24, 2.45) is 5.10 Å². The van der Waals surface area contributed by atoms with Gasteiger partial charge >= 0.3 is 0 Å². The lowest BCUT2D eigenvalue weighted by atomic mass is 10.2. The van der Waals surface area contributed by atoms with Gasteiger partial charge in [0.1, 0.15) is 12.4 Å². The van der Waals surface area contributed by atoms with Crippen molar-refractivity contribution >= 4 is 34.8 Å². The number of hydrogen-bond donors (Lipinski definition) is 1. The molecule has 2 aromatic carbocycles. The third-order valence-corrected chi connectivity index (χ3v) is 4.37. The number of fused-ring (bicyclic) bond motifs is 1. The number of rotatable bonds is 7. The average molecular weight is 401 g/mol. The summed E-state index contributed by atoms with van der Waals surface area (Å²) in [5, 5.41) is 4.42. The standard InChI is InChI=1S/C20H21ClN4O3/c1-4-28-20-15(21)9-14(10-18(20)27-3)11-22-24-19(26)12-25-13(2)23-16-7-5-6-8-17(16)25/h5-11H,4,12H2,1-3H3,(H,24,26)/b22-11-. The minimum Gasteiger partial charge on any atom is -0.493 e. The summed E-state index contributed by atoms with van der Waals surface area (Å²) in [4.78, 5) is 16.7. The Morgan fingerprint density at radius 2 is 2.14 bits per heavy atom. The maximum Gasteiger partial charge on any atom is 0.260 e. The summed E-state index contributed by atoms with van der Waals surface area (Å²) < 4.78 is 12.6. The number of imidazole rings is 1. The van der Waals surface area contributed by atoms with Crippen LogP contribution in [0.3, 0.4) is 0 Å². The first kappa shape index (κ1) is 19.7. The zero-order chi connectivity index (χ0) is 20.1. The molecule has 1 heterocycles. The molecule has 1 amide bonds. The van der Waals surface area contributed by atoms with E-state index >= 15 is 0 Å². The van der Waals surface area contributed by atoms with Crippen LogP contribution in [0.15, 0.2) is 41.5 Å². The largest absolute Gasteiger partial charge is 0.493 e. The molecule has 3 aromatic rings. The molecule has 0 fully saturated rings. The van der Waals surface area contributed by atoms with Gasteiger partial charge in [0.25, 0.3) is 5.91 Å². The summed E-state index contributed by atoms with van der Waals surface area (Å²) >= 11 is 6.24. The van der Waals surface area contributed by atoms with Crippen LogP contribution in [-0.4, -0.2) is 35.4 Å². The summed E-state index contributed by atoms with van der Waals surface area (Å²) in [5.41, 5.74) is 4.96. The van der Waals surface area contributed by atoms with Crippen molar-refractivity contribution in [1.82, 2.24) is 15.0 Å². The third kappa shape index (κ3) is 4.26. The van der Waals surface area contributed by atoms with Crippen molar-refractivity contribution in [3.8, 4) is 11.5 Å². The van der Waals surface area contributed by atoms with E-state index in [9.17, 15) is 4.79 Å². The van der Waals surface area contributed by atoms with Gasteiger partial charge in [0.05, 0.1) is 36.0 Å². The molecule has 0 radical (unpaired) electrons. The zero-order valence-electron chi connectivity index (χ0n) is 15.9. The number of nitrogens with zero attached hydrogens (tertiary/aromatic N) is 3. The number of aromatic nitrogens is 2. The second kappa shape index (κ2) is 8.75. The smallest absolute Gasteiger partial charge is 0.260 e. The first-order valence-electron chi connectivity index (χ1n) is 8.77. The predicted molar refractivity (Wildman–Crippen MR) is 109 cm³/mol. The van der Waals surface area contributed by atoms with Gasteiger partial charge in [-0.3, -0.25) is 4.79 Å². The molecule has 0 aliphatic carbocycles. The molecule has 0 atom stereocenters. The Kier molecular flexibility index (Phi) is 6.16. The molecule has 7 nitrogen and oxygen atoms in total. The maximum absolute atomic E-state index is 12.3. The maximum atomic E-state index is 12.3. The summed E-state index contributed by atoms with van der Waals surface area (Å²) in [5.74, 6) is 1.49. The Labute approximate surface area is 167 Å². The summed E-state index contributed by atoms with van der Waals surface area (Å²) in [6.07, 6.45) is 1.50. The minimum atomic E-state index is -0.258. The summed E-state index contributed by atoms with van der Waals surface area (Å²) in [6, 6.07) is 11.1. The lowest BCUT2D eigenvalue weighted by molar-refractivity contribution is -0.121. The second-order valence-corrected chi connectivity index (χ2v) is 6.40. The van der Waals surface area contributed by atoms with E-state index in [0.717, 1.165) is 16.9 Å². The first-order valence-corrected chi connectivity index (χ1v) is 9.15. The molecule has 0 bridgehead atoms. The molecule has 0 spiro atoms. The van der Waals surface area contributed by atoms with Gasteiger partial charge < -0.3 is 14.0 Å². The van der Waals surface area contributed by atoms with Crippen LogP contribution in [0.25, 0.3) is 11.0 Å². The lowest BCUT2D eigenvalue weighted by Gasteiger charge is -2.11. The zero-order valence-corrected chi connectivity index (χ0v) is 16.7. The number of benzene rings is 2. The van der Waals surface area contributed by atoms with E-state index in [-0.39, 0.29) is 12.5 Å². The monoisotopic (exact) mass is 400 g/mol. The molecule has 1 aromatic heterocycles. The van der Waals surface area contributed by atoms with Crippen LogP contribution in [0.2, 0.25) is 5.02 Å². The molecule has 28 heavy (non-hydrogen) atoms. The Balaban J connectivity index is 1.70. The topological polar surface area (TPSA) is 77.7 Å². The Hall–Kier alpha value is -3.06. The van der Waals surface area contributed by atoms with Crippen molar-refractivity contribution < 1.29 is 14.3 Å². The number of aryl methyl sites for hydroxylation is 1. The van der Waals surface area contributed by atoms with Gasteiger partial charge in [0, 0.05) is 0 Å². The minimum absolute atomic E-state index is 0.122. The molecule has 0 aliphatic heterocycles. The van der Waals surface area contributed by atoms with Crippen molar-refractivity contribution in [3.05, 3.63) is 52.8 Å². The number of para-hydroxylation sites is 2. The van der Waals surface area contributed by atoms with Crippen LogP contribution < -0.4 is 14.9 Å². The van der Waals surface area contributed by atoms with E-state index in [4.69, 9.17) is 21.1 Å². The number of methoxy groups -OCH3 is 1. The van der Waals surface area contributed by atoms with Gasteiger partial charge in [-0.25, -0.2) is 10.4 Å². The Bertz CT molecular complexity index is 1030. The molecule has 3 rings (SSSR count). The molecule has 0 saturated heterocycles. The van der Waals surface area contributed by atoms with E-state index in [0.29, 0.717) is 28.7 Å². The molecular formula is C20H21ClN4O3. The van der Waals surface area contributed by atoms with Gasteiger partial charge in [0.2, 0.25) is 0 Å². The van der Waals surface area contributed by atoms with Gasteiger partial charge in [0.15, 0.2) is 11.5 Å². The SMILES string of the molecule is CCOc1c(Cl)cc(/C=N\NC(=O)Cn2c(C)nc3ccccc32)cc1OC. The summed E-state index contributed by atoms with van der Waals surface area (Å²) in [7, 11) is 1.54. The fourth-order valence-corrected chi connectivity index (χ4v) is 3.13. The lowest BCUT2D eigenvalue weighted by Crippen LogP contribution is -2.23. The van der Waals surface area contributed by atoms with E-state index in [1.807, 2.05) is 42.7 Å². The number of hydrogen-bond acceptors (Lipinski definition) is 5. The van der Waals surface area contributed by atoms with E-state index in [1.165, 1.54) is 13.3 Å². The van der Waals surface area contributed by atoms with Crippen molar-refractivity contribution in [3.63, 3.8) is 0 Å². The average Bonchev–Trinajstić information content (AvgIpc) is 2.99. The quantitative estimate of drug-likeness (QED) is 0.486.